The average molecular weight is 1100 g/mol. The van der Waals surface area contributed by atoms with Crippen LogP contribution in [0.25, 0.3) is 23.4 Å². The second-order valence-electron chi connectivity index (χ2n) is 24.7. The number of unbranched alkanes of at least 4 members (excludes halogenated alkanes) is 1. The summed E-state index contributed by atoms with van der Waals surface area (Å²) >= 11 is 1.17. The highest BCUT2D eigenvalue weighted by atomic mass is 32.1. The molecule has 78 heavy (non-hydrogen) atoms. The van der Waals surface area contributed by atoms with Gasteiger partial charge in [0.05, 0.1) is 22.9 Å². The Morgan fingerprint density at radius 1 is 0.936 bits per heavy atom. The number of amides is 3. The number of benzene rings is 2. The van der Waals surface area contributed by atoms with Crippen LogP contribution in [0.15, 0.2) is 18.2 Å². The molecule has 0 radical (unpaired) electrons. The van der Waals surface area contributed by atoms with Crippen molar-refractivity contribution in [3.05, 3.63) is 44.8 Å². The lowest BCUT2D eigenvalue weighted by atomic mass is 9.44. The molecule has 7 rings (SSSR count). The number of carboxylic acid groups (broad SMARTS) is 1. The summed E-state index contributed by atoms with van der Waals surface area (Å²) in [5.74, 6) is 2.12. The number of aliphatic hydroxyl groups excluding tert-OH is 1. The fourth-order valence-electron chi connectivity index (χ4n) is 14.8. The maximum Gasteiger partial charge on any atom is 0.415 e. The predicted octanol–water partition coefficient (Wildman–Crippen LogP) is 8.45. The van der Waals surface area contributed by atoms with Crippen LogP contribution >= 0.6 is 11.3 Å². The molecule has 10 unspecified atom stereocenters. The van der Waals surface area contributed by atoms with E-state index in [0.717, 1.165) is 37.5 Å². The number of rotatable bonds is 24. The number of likely N-dealkylation sites (N-methyl/N-ethyl adjacent to an activating group) is 1. The summed E-state index contributed by atoms with van der Waals surface area (Å²) in [7, 11) is 1.61. The van der Waals surface area contributed by atoms with E-state index in [0.29, 0.717) is 82.7 Å². The van der Waals surface area contributed by atoms with Crippen molar-refractivity contribution < 1.29 is 49.1 Å². The number of phenolic OH excluding ortho intramolecular Hbond substituents is 2. The first-order valence-corrected chi connectivity index (χ1v) is 29.4. The number of ether oxygens (including phenoxy) is 1. The van der Waals surface area contributed by atoms with E-state index in [1.165, 1.54) is 59.7 Å². The number of carboxylic acids is 1. The Morgan fingerprint density at radius 2 is 1.67 bits per heavy atom. The van der Waals surface area contributed by atoms with E-state index in [2.05, 4.69) is 49.5 Å². The van der Waals surface area contributed by atoms with Crippen LogP contribution in [0.1, 0.15) is 160 Å². The van der Waals surface area contributed by atoms with E-state index in [-0.39, 0.29) is 107 Å². The number of aliphatic carboxylic acids is 1. The van der Waals surface area contributed by atoms with Crippen LogP contribution in [0.5, 0.6) is 17.2 Å². The van der Waals surface area contributed by atoms with Gasteiger partial charge in [0.1, 0.15) is 35.1 Å². The molecule has 16 nitrogen and oxygen atoms in total. The van der Waals surface area contributed by atoms with Crippen molar-refractivity contribution in [3.8, 4) is 23.3 Å². The number of hydrogen-bond acceptors (Lipinski definition) is 13. The van der Waals surface area contributed by atoms with Crippen LogP contribution in [-0.4, -0.2) is 117 Å². The van der Waals surface area contributed by atoms with Gasteiger partial charge >= 0.3 is 12.1 Å². The van der Waals surface area contributed by atoms with Crippen molar-refractivity contribution in [2.45, 2.75) is 168 Å². The first-order chi connectivity index (χ1) is 36.9. The molecule has 2 aromatic carbocycles. The first kappa shape index (κ1) is 60.1. The molecular formula is C61H86N6O10S. The molecule has 6 N–H and O–H groups in total. The van der Waals surface area contributed by atoms with Crippen LogP contribution in [-0.2, 0) is 24.6 Å². The Balaban J connectivity index is 0.832. The third-order valence-electron chi connectivity index (χ3n) is 19.4. The van der Waals surface area contributed by atoms with E-state index >= 15 is 0 Å². The molecule has 4 fully saturated rings. The summed E-state index contributed by atoms with van der Waals surface area (Å²) in [6, 6.07) is 5.91. The fraction of sp³-hybridized carbons (Fsp3) is 0.656. The van der Waals surface area contributed by atoms with E-state index in [1.54, 1.807) is 46.0 Å². The molecule has 3 amide bonds. The van der Waals surface area contributed by atoms with Gasteiger partial charge in [0.25, 0.3) is 0 Å². The van der Waals surface area contributed by atoms with Crippen molar-refractivity contribution in [3.63, 3.8) is 0 Å². The number of aliphatic hydroxyl groups is 1. The number of fused-ring (bicyclic) bond motifs is 6. The van der Waals surface area contributed by atoms with Crippen molar-refractivity contribution in [2.75, 3.05) is 39.8 Å². The SMILES string of the molecule is C=c1c(C)c(O)c(=C)c(C(C)(C)CC(=O)N(C)CCN(CCCC(=O)CNCCCCC(NC(=O)CCC(C)C2CCC3C4CCC5CC(O)CCC5(C)C4CCC23C)C(=O)O)C(=O)Oc2ccc3nc(C#N)sc3c2)c1O. The number of nitriles is 1. The number of carbonyl (C=O) groups is 5. The lowest BCUT2D eigenvalue weighted by molar-refractivity contribution is -0.142. The van der Waals surface area contributed by atoms with Crippen LogP contribution in [0, 0.1) is 64.6 Å². The van der Waals surface area contributed by atoms with Gasteiger partial charge in [-0.1, -0.05) is 47.8 Å². The van der Waals surface area contributed by atoms with Gasteiger partial charge in [0.15, 0.2) is 5.01 Å². The summed E-state index contributed by atoms with van der Waals surface area (Å²) < 4.78 is 6.44. The van der Waals surface area contributed by atoms with Gasteiger partial charge in [-0.05, 0) is 162 Å². The summed E-state index contributed by atoms with van der Waals surface area (Å²) in [5, 5.41) is 58.2. The minimum absolute atomic E-state index is 0.0561. The summed E-state index contributed by atoms with van der Waals surface area (Å²) in [4.78, 5) is 73.1. The number of aromatic hydroxyl groups is 2. The highest BCUT2D eigenvalue weighted by molar-refractivity contribution is 7.19. The number of thiazole rings is 1. The molecule has 17 heteroatoms. The second kappa shape index (κ2) is 25.3. The summed E-state index contributed by atoms with van der Waals surface area (Å²) in [6.07, 6.45) is 12.5. The largest absolute Gasteiger partial charge is 0.507 e. The third kappa shape index (κ3) is 13.4. The fourth-order valence-corrected chi connectivity index (χ4v) is 15.6. The first-order valence-electron chi connectivity index (χ1n) is 28.5. The predicted molar refractivity (Wildman–Crippen MR) is 302 cm³/mol. The van der Waals surface area contributed by atoms with Gasteiger partial charge in [0, 0.05) is 79.0 Å². The van der Waals surface area contributed by atoms with Crippen molar-refractivity contribution in [1.29, 1.82) is 5.26 Å². The minimum atomic E-state index is -1.06. The van der Waals surface area contributed by atoms with Crippen molar-refractivity contribution >= 4 is 64.4 Å². The molecule has 10 atom stereocenters. The zero-order valence-corrected chi connectivity index (χ0v) is 48.1. The molecule has 0 spiro atoms. The Bertz CT molecular complexity index is 2850. The molecule has 4 aliphatic rings. The molecule has 4 aliphatic carbocycles. The van der Waals surface area contributed by atoms with Crippen LogP contribution < -0.4 is 25.8 Å². The average Bonchev–Trinajstić information content (AvgIpc) is 4.01. The Morgan fingerprint density at radius 3 is 2.40 bits per heavy atom. The number of ketones is 1. The number of hydrogen-bond donors (Lipinski definition) is 6. The smallest absolute Gasteiger partial charge is 0.415 e. The Kier molecular flexibility index (Phi) is 19.5. The Labute approximate surface area is 464 Å². The molecule has 426 valence electrons. The molecule has 0 saturated heterocycles. The molecule has 0 bridgehead atoms. The minimum Gasteiger partial charge on any atom is -0.507 e. The van der Waals surface area contributed by atoms with Gasteiger partial charge in [-0.15, -0.1) is 11.3 Å². The number of carbonyl (C=O) groups excluding carboxylic acids is 4. The third-order valence-corrected chi connectivity index (χ3v) is 20.3. The topological polar surface area (TPSA) is 243 Å². The van der Waals surface area contributed by atoms with E-state index < -0.39 is 23.5 Å². The lowest BCUT2D eigenvalue weighted by Gasteiger charge is -2.61. The van der Waals surface area contributed by atoms with E-state index in [9.17, 15) is 49.7 Å². The molecule has 3 aromatic rings. The van der Waals surface area contributed by atoms with Crippen molar-refractivity contribution in [2.24, 2.45) is 46.3 Å². The van der Waals surface area contributed by atoms with E-state index in [4.69, 9.17) is 4.74 Å². The van der Waals surface area contributed by atoms with Crippen molar-refractivity contribution in [1.82, 2.24) is 25.4 Å². The number of phenols is 2. The van der Waals surface area contributed by atoms with Gasteiger partial charge in [0.2, 0.25) is 11.8 Å². The highest BCUT2D eigenvalue weighted by Gasteiger charge is 2.60. The zero-order valence-electron chi connectivity index (χ0n) is 47.3. The number of nitrogens with zero attached hydrogens (tertiary/aromatic N) is 4. The molecule has 1 heterocycles. The van der Waals surface area contributed by atoms with Gasteiger partial charge < -0.3 is 45.6 Å². The lowest BCUT2D eigenvalue weighted by Crippen LogP contribution is -2.54. The molecule has 0 aliphatic heterocycles. The quantitative estimate of drug-likeness (QED) is 0.0365. The molecule has 1 aromatic heterocycles. The molecule has 4 saturated carbocycles. The van der Waals surface area contributed by atoms with E-state index in [1.807, 2.05) is 6.07 Å². The van der Waals surface area contributed by atoms with Crippen LogP contribution in [0.4, 0.5) is 4.79 Å². The van der Waals surface area contributed by atoms with Gasteiger partial charge in [-0.25, -0.2) is 14.6 Å². The standard InChI is InChI=1S/C61H86N6O10S/c1-36(45-19-20-46-44-18-16-40-31-41(68)23-25-60(40,7)47(44)24-26-61(45,46)8)15-22-51(70)64-49(57(74)75)14-10-11-27-63-35-42(69)13-12-28-67(58(76)77-43-17-21-48-50(32-43)78-52(34-62)65-48)30-29-66(9)53(71)33-59(5,6)54-39(4)55(72)37(2)38(3)56(54)73/h17,21,32,36,40-41,44-47,49,63,68,72-73H,3-4,10-16,18-20,22-31,33,35H2,1-2,5-9H3,(H,64,70)(H,74,75). The number of aromatic nitrogens is 1. The Hall–Kier alpha value is -5.57. The number of nitrogens with one attached hydrogen (secondary N) is 2. The van der Waals surface area contributed by atoms with Gasteiger partial charge in [-0.3, -0.25) is 14.4 Å². The zero-order chi connectivity index (χ0) is 56.9. The van der Waals surface area contributed by atoms with Crippen LogP contribution in [0.3, 0.4) is 0 Å². The maximum atomic E-state index is 13.7. The summed E-state index contributed by atoms with van der Waals surface area (Å²) in [5.41, 5.74) is 0.977. The monoisotopic (exact) mass is 1090 g/mol. The maximum absolute atomic E-state index is 13.7. The summed E-state index contributed by atoms with van der Waals surface area (Å²) in [6.45, 7) is 21.3. The highest BCUT2D eigenvalue weighted by Crippen LogP contribution is 2.68. The second-order valence-corrected chi connectivity index (χ2v) is 25.8. The molecular weight excluding hydrogens is 1010 g/mol. The number of Topliss-reactive ketones (excluding diaryl/α,β-unsaturated/α-hetero) is 1. The van der Waals surface area contributed by atoms with Gasteiger partial charge in [-0.2, -0.15) is 5.26 Å². The normalized spacial score (nSPS) is 25.4. The van der Waals surface area contributed by atoms with Crippen LogP contribution in [0.2, 0.25) is 0 Å².